The zero-order valence-corrected chi connectivity index (χ0v) is 8.44. The molecule has 0 saturated carbocycles. The highest BCUT2D eigenvalue weighted by Crippen LogP contribution is 2.14. The molecule has 3 heteroatoms. The Morgan fingerprint density at radius 2 is 2.50 bits per heavy atom. The van der Waals surface area contributed by atoms with Gasteiger partial charge in [0.25, 0.3) is 0 Å². The molecule has 14 heavy (non-hydrogen) atoms. The molecule has 1 N–H and O–H groups in total. The minimum absolute atomic E-state index is 0.201. The maximum absolute atomic E-state index is 5.72. The highest BCUT2D eigenvalue weighted by Gasteiger charge is 2.22. The van der Waals surface area contributed by atoms with E-state index in [0.717, 1.165) is 6.54 Å². The summed E-state index contributed by atoms with van der Waals surface area (Å²) in [5, 5.41) is 3.42. The predicted molar refractivity (Wildman–Crippen MR) is 55.4 cm³/mol. The summed E-state index contributed by atoms with van der Waals surface area (Å²) < 4.78 is 5.72. The summed E-state index contributed by atoms with van der Waals surface area (Å²) >= 11 is 0. The Bertz CT molecular complexity index is 270. The van der Waals surface area contributed by atoms with Gasteiger partial charge >= 0.3 is 0 Å². The molecule has 1 saturated heterocycles. The Balaban J connectivity index is 1.90. The lowest BCUT2D eigenvalue weighted by Gasteiger charge is -2.20. The molecule has 0 bridgehead atoms. The zero-order chi connectivity index (χ0) is 9.80. The smallest absolute Gasteiger partial charge is 0.213 e. The molecule has 2 heterocycles. The normalized spacial score (nSPS) is 23.4. The first kappa shape index (κ1) is 9.46. The van der Waals surface area contributed by atoms with Gasteiger partial charge in [-0.25, -0.2) is 4.98 Å². The Kier molecular flexibility index (Phi) is 2.99. The van der Waals surface area contributed by atoms with E-state index in [2.05, 4.69) is 17.2 Å². The fraction of sp³-hybridized carbons (Fsp3) is 0.545. The van der Waals surface area contributed by atoms with Gasteiger partial charge in [0.15, 0.2) is 0 Å². The van der Waals surface area contributed by atoms with Crippen LogP contribution in [-0.4, -0.2) is 23.7 Å². The number of hydrogen-bond acceptors (Lipinski definition) is 3. The lowest BCUT2D eigenvalue weighted by atomic mass is 10.1. The first-order chi connectivity index (χ1) is 6.86. The Morgan fingerprint density at radius 3 is 3.14 bits per heavy atom. The van der Waals surface area contributed by atoms with E-state index in [9.17, 15) is 0 Å². The molecule has 0 aliphatic carbocycles. The minimum atomic E-state index is 0.201. The Hall–Kier alpha value is -1.09. The molecular weight excluding hydrogens is 176 g/mol. The van der Waals surface area contributed by atoms with Crippen LogP contribution in [0.2, 0.25) is 0 Å². The van der Waals surface area contributed by atoms with Gasteiger partial charge in [-0.3, -0.25) is 0 Å². The summed E-state index contributed by atoms with van der Waals surface area (Å²) in [7, 11) is 0. The van der Waals surface area contributed by atoms with Crippen molar-refractivity contribution in [2.75, 3.05) is 6.54 Å². The fourth-order valence-electron chi connectivity index (χ4n) is 1.80. The highest BCUT2D eigenvalue weighted by atomic mass is 16.5. The van der Waals surface area contributed by atoms with Crippen molar-refractivity contribution < 1.29 is 4.74 Å². The van der Waals surface area contributed by atoms with Crippen molar-refractivity contribution >= 4 is 0 Å². The van der Waals surface area contributed by atoms with E-state index in [4.69, 9.17) is 4.74 Å². The van der Waals surface area contributed by atoms with Crippen molar-refractivity contribution in [2.45, 2.75) is 31.9 Å². The predicted octanol–water partition coefficient (Wildman–Crippen LogP) is 1.60. The molecule has 0 radical (unpaired) electrons. The van der Waals surface area contributed by atoms with Gasteiger partial charge in [-0.2, -0.15) is 0 Å². The lowest BCUT2D eigenvalue weighted by Crippen LogP contribution is -2.36. The molecule has 3 nitrogen and oxygen atoms in total. The number of ether oxygens (including phenoxy) is 1. The van der Waals surface area contributed by atoms with Gasteiger partial charge in [0.05, 0.1) is 0 Å². The van der Waals surface area contributed by atoms with Gasteiger partial charge in [-0.05, 0) is 32.4 Å². The van der Waals surface area contributed by atoms with Crippen LogP contribution >= 0.6 is 0 Å². The molecule has 1 aliphatic heterocycles. The van der Waals surface area contributed by atoms with Crippen molar-refractivity contribution in [2.24, 2.45) is 0 Å². The third kappa shape index (κ3) is 2.23. The van der Waals surface area contributed by atoms with Crippen LogP contribution in [0.1, 0.15) is 19.8 Å². The topological polar surface area (TPSA) is 34.1 Å². The van der Waals surface area contributed by atoms with E-state index in [1.165, 1.54) is 12.8 Å². The molecule has 2 rings (SSSR count). The average Bonchev–Trinajstić information content (AvgIpc) is 2.72. The van der Waals surface area contributed by atoms with E-state index in [1.54, 1.807) is 6.20 Å². The Labute approximate surface area is 84.5 Å². The van der Waals surface area contributed by atoms with Crippen molar-refractivity contribution in [3.8, 4) is 5.88 Å². The van der Waals surface area contributed by atoms with Gasteiger partial charge in [0.1, 0.15) is 6.10 Å². The summed E-state index contributed by atoms with van der Waals surface area (Å²) in [5.41, 5.74) is 0. The third-order valence-corrected chi connectivity index (χ3v) is 2.61. The van der Waals surface area contributed by atoms with Gasteiger partial charge in [0.2, 0.25) is 5.88 Å². The SMILES string of the molecule is CC(Oc1ccccn1)C1CCCN1. The monoisotopic (exact) mass is 192 g/mol. The molecule has 0 aromatic carbocycles. The molecule has 2 unspecified atom stereocenters. The highest BCUT2D eigenvalue weighted by molar-refractivity contribution is 5.10. The van der Waals surface area contributed by atoms with Crippen LogP contribution in [0.25, 0.3) is 0 Å². The minimum Gasteiger partial charge on any atom is -0.473 e. The summed E-state index contributed by atoms with van der Waals surface area (Å²) in [6, 6.07) is 6.21. The van der Waals surface area contributed by atoms with Crippen molar-refractivity contribution in [1.82, 2.24) is 10.3 Å². The van der Waals surface area contributed by atoms with Crippen molar-refractivity contribution in [3.63, 3.8) is 0 Å². The molecule has 0 spiro atoms. The molecular formula is C11H16N2O. The third-order valence-electron chi connectivity index (χ3n) is 2.61. The van der Waals surface area contributed by atoms with E-state index in [-0.39, 0.29) is 6.10 Å². The summed E-state index contributed by atoms with van der Waals surface area (Å²) in [6.45, 7) is 3.21. The molecule has 1 fully saturated rings. The second-order valence-electron chi connectivity index (χ2n) is 3.69. The number of hydrogen-bond donors (Lipinski definition) is 1. The zero-order valence-electron chi connectivity index (χ0n) is 8.44. The van der Waals surface area contributed by atoms with Gasteiger partial charge in [0, 0.05) is 18.3 Å². The molecule has 1 aromatic rings. The molecule has 1 aliphatic rings. The van der Waals surface area contributed by atoms with E-state index >= 15 is 0 Å². The standard InChI is InChI=1S/C11H16N2O/c1-9(10-5-4-8-12-10)14-11-6-2-3-7-13-11/h2-3,6-7,9-10,12H,4-5,8H2,1H3. The second kappa shape index (κ2) is 4.42. The maximum atomic E-state index is 5.72. The summed E-state index contributed by atoms with van der Waals surface area (Å²) in [5.74, 6) is 0.716. The Morgan fingerprint density at radius 1 is 1.57 bits per heavy atom. The molecule has 76 valence electrons. The van der Waals surface area contributed by atoms with E-state index in [1.807, 2.05) is 18.2 Å². The second-order valence-corrected chi connectivity index (χ2v) is 3.69. The molecule has 0 amide bonds. The number of pyridine rings is 1. The van der Waals surface area contributed by atoms with Gasteiger partial charge < -0.3 is 10.1 Å². The first-order valence-corrected chi connectivity index (χ1v) is 5.17. The van der Waals surface area contributed by atoms with E-state index in [0.29, 0.717) is 11.9 Å². The van der Waals surface area contributed by atoms with Crippen LogP contribution in [0.15, 0.2) is 24.4 Å². The number of aromatic nitrogens is 1. The number of nitrogens with zero attached hydrogens (tertiary/aromatic N) is 1. The van der Waals surface area contributed by atoms with Crippen LogP contribution < -0.4 is 10.1 Å². The van der Waals surface area contributed by atoms with Gasteiger partial charge in [-0.1, -0.05) is 6.07 Å². The van der Waals surface area contributed by atoms with Crippen LogP contribution in [0.5, 0.6) is 5.88 Å². The average molecular weight is 192 g/mol. The van der Waals surface area contributed by atoms with Gasteiger partial charge in [-0.15, -0.1) is 0 Å². The quantitative estimate of drug-likeness (QED) is 0.790. The fourth-order valence-corrected chi connectivity index (χ4v) is 1.80. The number of nitrogens with one attached hydrogen (secondary N) is 1. The first-order valence-electron chi connectivity index (χ1n) is 5.17. The lowest BCUT2D eigenvalue weighted by molar-refractivity contribution is 0.173. The van der Waals surface area contributed by atoms with Crippen LogP contribution in [0.4, 0.5) is 0 Å². The van der Waals surface area contributed by atoms with E-state index < -0.39 is 0 Å². The number of rotatable bonds is 3. The summed E-state index contributed by atoms with van der Waals surface area (Å²) in [4.78, 5) is 4.14. The largest absolute Gasteiger partial charge is 0.473 e. The van der Waals surface area contributed by atoms with Crippen LogP contribution in [-0.2, 0) is 0 Å². The molecule has 1 aromatic heterocycles. The maximum Gasteiger partial charge on any atom is 0.213 e. The molecule has 2 atom stereocenters. The van der Waals surface area contributed by atoms with Crippen LogP contribution in [0.3, 0.4) is 0 Å². The van der Waals surface area contributed by atoms with Crippen LogP contribution in [0, 0.1) is 0 Å². The summed E-state index contributed by atoms with van der Waals surface area (Å²) in [6.07, 6.45) is 4.41. The van der Waals surface area contributed by atoms with Crippen molar-refractivity contribution in [3.05, 3.63) is 24.4 Å². The van der Waals surface area contributed by atoms with Crippen molar-refractivity contribution in [1.29, 1.82) is 0 Å².